The Balaban J connectivity index is 1.98. The van der Waals surface area contributed by atoms with Gasteiger partial charge in [-0.3, -0.25) is 0 Å². The summed E-state index contributed by atoms with van der Waals surface area (Å²) >= 11 is 4.92. The molecule has 1 rings (SSSR count). The van der Waals surface area contributed by atoms with Gasteiger partial charge in [-0.25, -0.2) is 4.98 Å². The van der Waals surface area contributed by atoms with Crippen LogP contribution < -0.4 is 5.32 Å². The number of rotatable bonds is 7. The second-order valence-electron chi connectivity index (χ2n) is 3.72. The minimum atomic E-state index is 0.618. The summed E-state index contributed by atoms with van der Waals surface area (Å²) in [4.78, 5) is 4.24. The SMILES string of the molecule is CC(C)COCCCNc1nc(Br)cs1. The number of hydrogen-bond donors (Lipinski definition) is 1. The highest BCUT2D eigenvalue weighted by atomic mass is 79.9. The lowest BCUT2D eigenvalue weighted by molar-refractivity contribution is 0.110. The van der Waals surface area contributed by atoms with Crippen LogP contribution >= 0.6 is 27.3 Å². The van der Waals surface area contributed by atoms with Crippen molar-refractivity contribution in [3.63, 3.8) is 0 Å². The Labute approximate surface area is 103 Å². The number of nitrogens with zero attached hydrogens (tertiary/aromatic N) is 1. The number of aromatic nitrogens is 1. The van der Waals surface area contributed by atoms with Gasteiger partial charge in [0.25, 0.3) is 0 Å². The molecule has 0 bridgehead atoms. The summed E-state index contributed by atoms with van der Waals surface area (Å²) in [5.74, 6) is 0.618. The van der Waals surface area contributed by atoms with E-state index >= 15 is 0 Å². The Morgan fingerprint density at radius 1 is 1.60 bits per heavy atom. The Hall–Kier alpha value is -0.130. The summed E-state index contributed by atoms with van der Waals surface area (Å²) < 4.78 is 6.37. The van der Waals surface area contributed by atoms with Crippen LogP contribution in [0.2, 0.25) is 0 Å². The van der Waals surface area contributed by atoms with Crippen LogP contribution in [0, 0.1) is 5.92 Å². The summed E-state index contributed by atoms with van der Waals surface area (Å²) in [5.41, 5.74) is 0. The molecular formula is C10H17BrN2OS. The van der Waals surface area contributed by atoms with Crippen molar-refractivity contribution in [2.24, 2.45) is 5.92 Å². The molecule has 0 aromatic carbocycles. The van der Waals surface area contributed by atoms with Crippen LogP contribution in [0.3, 0.4) is 0 Å². The predicted molar refractivity (Wildman–Crippen MR) is 68.6 cm³/mol. The molecule has 1 heterocycles. The molecule has 0 saturated heterocycles. The fraction of sp³-hybridized carbons (Fsp3) is 0.700. The molecule has 1 aromatic heterocycles. The largest absolute Gasteiger partial charge is 0.381 e. The first-order valence-electron chi connectivity index (χ1n) is 5.11. The summed E-state index contributed by atoms with van der Waals surface area (Å²) in [6.45, 7) is 6.90. The second kappa shape index (κ2) is 7.19. The van der Waals surface area contributed by atoms with Gasteiger partial charge in [-0.2, -0.15) is 0 Å². The molecule has 0 fully saturated rings. The van der Waals surface area contributed by atoms with Crippen LogP contribution in [0.5, 0.6) is 0 Å². The third-order valence-electron chi connectivity index (χ3n) is 1.67. The molecule has 0 aliphatic carbocycles. The first-order valence-corrected chi connectivity index (χ1v) is 6.78. The normalized spacial score (nSPS) is 10.9. The monoisotopic (exact) mass is 292 g/mol. The van der Waals surface area contributed by atoms with E-state index in [2.05, 4.69) is 40.1 Å². The van der Waals surface area contributed by atoms with Crippen molar-refractivity contribution in [3.05, 3.63) is 9.98 Å². The van der Waals surface area contributed by atoms with Gasteiger partial charge >= 0.3 is 0 Å². The van der Waals surface area contributed by atoms with Crippen molar-refractivity contribution >= 4 is 32.4 Å². The highest BCUT2D eigenvalue weighted by molar-refractivity contribution is 9.10. The van der Waals surface area contributed by atoms with Crippen molar-refractivity contribution in [2.45, 2.75) is 20.3 Å². The lowest BCUT2D eigenvalue weighted by atomic mass is 10.2. The van der Waals surface area contributed by atoms with E-state index < -0.39 is 0 Å². The fourth-order valence-corrected chi connectivity index (χ4v) is 2.20. The van der Waals surface area contributed by atoms with E-state index in [1.165, 1.54) is 0 Å². The first kappa shape index (κ1) is 12.9. The zero-order valence-electron chi connectivity index (χ0n) is 9.12. The maximum absolute atomic E-state index is 5.47. The minimum absolute atomic E-state index is 0.618. The van der Waals surface area contributed by atoms with Crippen LogP contribution in [-0.4, -0.2) is 24.7 Å². The van der Waals surface area contributed by atoms with Crippen LogP contribution in [0.4, 0.5) is 5.13 Å². The highest BCUT2D eigenvalue weighted by Crippen LogP contribution is 2.18. The van der Waals surface area contributed by atoms with E-state index in [9.17, 15) is 0 Å². The maximum atomic E-state index is 5.47. The average Bonchev–Trinajstić information content (AvgIpc) is 2.57. The van der Waals surface area contributed by atoms with Gasteiger partial charge < -0.3 is 10.1 Å². The minimum Gasteiger partial charge on any atom is -0.381 e. The standard InChI is InChI=1S/C10H17BrN2OS/c1-8(2)6-14-5-3-4-12-10-13-9(11)7-15-10/h7-8H,3-6H2,1-2H3,(H,12,13). The van der Waals surface area contributed by atoms with E-state index in [-0.39, 0.29) is 0 Å². The fourth-order valence-electron chi connectivity index (χ4n) is 1.02. The predicted octanol–water partition coefficient (Wildman–Crippen LogP) is 3.38. The van der Waals surface area contributed by atoms with Gasteiger partial charge in [-0.05, 0) is 28.3 Å². The van der Waals surface area contributed by atoms with Crippen LogP contribution in [0.25, 0.3) is 0 Å². The van der Waals surface area contributed by atoms with Gasteiger partial charge in [0.05, 0.1) is 0 Å². The Bertz CT molecular complexity index is 278. The number of thiazole rings is 1. The molecule has 15 heavy (non-hydrogen) atoms. The van der Waals surface area contributed by atoms with E-state index in [4.69, 9.17) is 4.74 Å². The molecule has 3 nitrogen and oxygen atoms in total. The first-order chi connectivity index (χ1) is 7.18. The van der Waals surface area contributed by atoms with Crippen LogP contribution in [0.1, 0.15) is 20.3 Å². The van der Waals surface area contributed by atoms with E-state index in [0.717, 1.165) is 35.9 Å². The molecule has 0 saturated carbocycles. The molecule has 0 aliphatic heterocycles. The molecule has 0 atom stereocenters. The number of hydrogen-bond acceptors (Lipinski definition) is 4. The van der Waals surface area contributed by atoms with Gasteiger partial charge in [0, 0.05) is 25.1 Å². The van der Waals surface area contributed by atoms with Gasteiger partial charge in [0.15, 0.2) is 5.13 Å². The van der Waals surface area contributed by atoms with Gasteiger partial charge in [0.1, 0.15) is 4.60 Å². The maximum Gasteiger partial charge on any atom is 0.183 e. The Kier molecular flexibility index (Phi) is 6.20. The smallest absolute Gasteiger partial charge is 0.183 e. The molecular weight excluding hydrogens is 276 g/mol. The Morgan fingerprint density at radius 2 is 2.40 bits per heavy atom. The van der Waals surface area contributed by atoms with Crippen molar-refractivity contribution in [3.8, 4) is 0 Å². The molecule has 0 spiro atoms. The zero-order chi connectivity index (χ0) is 11.1. The molecule has 0 unspecified atom stereocenters. The molecule has 0 aliphatic rings. The number of halogens is 1. The Morgan fingerprint density at radius 3 is 3.00 bits per heavy atom. The van der Waals surface area contributed by atoms with Crippen molar-refractivity contribution < 1.29 is 4.74 Å². The number of ether oxygens (including phenoxy) is 1. The third kappa shape index (κ3) is 6.12. The summed E-state index contributed by atoms with van der Waals surface area (Å²) in [5, 5.41) is 6.18. The lowest BCUT2D eigenvalue weighted by Crippen LogP contribution is -2.08. The van der Waals surface area contributed by atoms with Crippen LogP contribution in [0.15, 0.2) is 9.98 Å². The van der Waals surface area contributed by atoms with E-state index in [1.54, 1.807) is 11.3 Å². The quantitative estimate of drug-likeness (QED) is 0.783. The van der Waals surface area contributed by atoms with Crippen LogP contribution in [-0.2, 0) is 4.74 Å². The van der Waals surface area contributed by atoms with E-state index in [0.29, 0.717) is 5.92 Å². The van der Waals surface area contributed by atoms with Gasteiger partial charge in [-0.15, -0.1) is 11.3 Å². The second-order valence-corrected chi connectivity index (χ2v) is 5.40. The van der Waals surface area contributed by atoms with Gasteiger partial charge in [-0.1, -0.05) is 13.8 Å². The lowest BCUT2D eigenvalue weighted by Gasteiger charge is -2.06. The summed E-state index contributed by atoms with van der Waals surface area (Å²) in [6.07, 6.45) is 1.02. The van der Waals surface area contributed by atoms with E-state index in [1.807, 2.05) is 5.38 Å². The summed E-state index contributed by atoms with van der Waals surface area (Å²) in [6, 6.07) is 0. The van der Waals surface area contributed by atoms with Crippen molar-refractivity contribution in [1.82, 2.24) is 4.98 Å². The number of nitrogens with one attached hydrogen (secondary N) is 1. The molecule has 1 aromatic rings. The molecule has 0 radical (unpaired) electrons. The van der Waals surface area contributed by atoms with Crippen molar-refractivity contribution in [2.75, 3.05) is 25.1 Å². The van der Waals surface area contributed by atoms with Gasteiger partial charge in [0.2, 0.25) is 0 Å². The van der Waals surface area contributed by atoms with Crippen molar-refractivity contribution in [1.29, 1.82) is 0 Å². The average molecular weight is 293 g/mol. The molecule has 0 amide bonds. The molecule has 1 N–H and O–H groups in total. The highest BCUT2D eigenvalue weighted by Gasteiger charge is 1.98. The zero-order valence-corrected chi connectivity index (χ0v) is 11.5. The number of anilines is 1. The topological polar surface area (TPSA) is 34.1 Å². The summed E-state index contributed by atoms with van der Waals surface area (Å²) in [7, 11) is 0. The molecule has 86 valence electrons. The molecule has 5 heteroatoms. The third-order valence-corrected chi connectivity index (χ3v) is 3.18.